The molecule has 2 fully saturated rings. The third-order valence-corrected chi connectivity index (χ3v) is 8.25. The van der Waals surface area contributed by atoms with Crippen LogP contribution in [0.1, 0.15) is 110 Å². The van der Waals surface area contributed by atoms with Crippen molar-refractivity contribution in [1.29, 1.82) is 0 Å². The summed E-state index contributed by atoms with van der Waals surface area (Å²) in [6, 6.07) is 8.78. The third kappa shape index (κ3) is 10.7. The van der Waals surface area contributed by atoms with Gasteiger partial charge in [0.2, 0.25) is 0 Å². The fourth-order valence-corrected chi connectivity index (χ4v) is 6.20. The van der Waals surface area contributed by atoms with Gasteiger partial charge >= 0.3 is 18.2 Å². The molecule has 0 bridgehead atoms. The SMILES string of the molecule is CC(C)(C)OC(=O)N1CCCN(C(=O)OC(C)(C)C)CC(C)(OC(=O)c2ccccc2)C(C2CCCCCCCC2O)C1. The Balaban J connectivity index is 2.12. The molecule has 1 saturated carbocycles. The second kappa shape index (κ2) is 14.8. The Labute approximate surface area is 258 Å². The molecule has 1 aromatic carbocycles. The lowest BCUT2D eigenvalue weighted by Gasteiger charge is -2.45. The Morgan fingerprint density at radius 2 is 1.33 bits per heavy atom. The molecule has 4 unspecified atom stereocenters. The standard InChI is InChI=1S/C34H54N2O7/c1-32(2,3)42-30(39)35-21-16-22-36(31(40)43-33(4,5)6)24-34(7,41-29(38)25-17-12-11-13-18-25)27(23-35)26-19-14-9-8-10-15-20-28(26)37/h11-13,17-18,26-28,37H,8-10,14-16,19-24H2,1-7H3. The number of nitrogens with zero attached hydrogens (tertiary/aromatic N) is 2. The number of ether oxygens (including phenoxy) is 3. The predicted octanol–water partition coefficient (Wildman–Crippen LogP) is 6.82. The summed E-state index contributed by atoms with van der Waals surface area (Å²) in [5.74, 6) is -1.27. The highest BCUT2D eigenvalue weighted by Gasteiger charge is 2.49. The van der Waals surface area contributed by atoms with Crippen LogP contribution in [0.4, 0.5) is 9.59 Å². The van der Waals surface area contributed by atoms with Crippen LogP contribution in [0.25, 0.3) is 0 Å². The zero-order chi connectivity index (χ0) is 31.8. The summed E-state index contributed by atoms with van der Waals surface area (Å²) in [6.07, 6.45) is 5.28. The molecular weight excluding hydrogens is 548 g/mol. The van der Waals surface area contributed by atoms with Crippen molar-refractivity contribution in [2.24, 2.45) is 11.8 Å². The summed E-state index contributed by atoms with van der Waals surface area (Å²) in [7, 11) is 0. The summed E-state index contributed by atoms with van der Waals surface area (Å²) in [6.45, 7) is 13.7. The topological polar surface area (TPSA) is 106 Å². The second-order valence-electron chi connectivity index (χ2n) is 14.4. The van der Waals surface area contributed by atoms with Crippen LogP contribution in [0.5, 0.6) is 0 Å². The number of carbonyl (C=O) groups is 3. The summed E-state index contributed by atoms with van der Waals surface area (Å²) < 4.78 is 18.0. The number of rotatable bonds is 3. The molecular formula is C34H54N2O7. The Bertz CT molecular complexity index is 1060. The molecule has 0 spiro atoms. The van der Waals surface area contributed by atoms with E-state index < -0.39 is 47.0 Å². The molecule has 0 radical (unpaired) electrons. The van der Waals surface area contributed by atoms with Crippen LogP contribution in [0, 0.1) is 11.8 Å². The van der Waals surface area contributed by atoms with E-state index in [1.165, 1.54) is 0 Å². The summed E-state index contributed by atoms with van der Waals surface area (Å²) >= 11 is 0. The molecule has 242 valence electrons. The van der Waals surface area contributed by atoms with Crippen molar-refractivity contribution in [3.05, 3.63) is 35.9 Å². The predicted molar refractivity (Wildman–Crippen MR) is 166 cm³/mol. The van der Waals surface area contributed by atoms with Crippen LogP contribution in [0.2, 0.25) is 0 Å². The molecule has 1 aliphatic carbocycles. The highest BCUT2D eigenvalue weighted by molar-refractivity contribution is 5.89. The zero-order valence-electron chi connectivity index (χ0n) is 27.4. The molecule has 1 saturated heterocycles. The highest BCUT2D eigenvalue weighted by atomic mass is 16.6. The number of benzene rings is 1. The molecule has 4 atom stereocenters. The number of hydrogen-bond donors (Lipinski definition) is 1. The summed E-state index contributed by atoms with van der Waals surface area (Å²) in [4.78, 5) is 44.0. The van der Waals surface area contributed by atoms with Gasteiger partial charge in [0, 0.05) is 25.6 Å². The van der Waals surface area contributed by atoms with E-state index in [-0.39, 0.29) is 19.0 Å². The summed E-state index contributed by atoms with van der Waals surface area (Å²) in [5.41, 5.74) is -2.28. The molecule has 1 N–H and O–H groups in total. The molecule has 9 nitrogen and oxygen atoms in total. The molecule has 9 heteroatoms. The van der Waals surface area contributed by atoms with Gasteiger partial charge in [-0.15, -0.1) is 0 Å². The van der Waals surface area contributed by atoms with Crippen LogP contribution < -0.4 is 0 Å². The van der Waals surface area contributed by atoms with E-state index in [9.17, 15) is 19.5 Å². The lowest BCUT2D eigenvalue weighted by atomic mass is 9.72. The van der Waals surface area contributed by atoms with Crippen molar-refractivity contribution in [3.63, 3.8) is 0 Å². The largest absolute Gasteiger partial charge is 0.453 e. The third-order valence-electron chi connectivity index (χ3n) is 8.25. The smallest absolute Gasteiger partial charge is 0.410 e. The Morgan fingerprint density at radius 3 is 1.93 bits per heavy atom. The van der Waals surface area contributed by atoms with Crippen molar-refractivity contribution in [2.75, 3.05) is 26.2 Å². The van der Waals surface area contributed by atoms with Gasteiger partial charge in [-0.3, -0.25) is 0 Å². The molecule has 3 rings (SSSR count). The minimum Gasteiger partial charge on any atom is -0.453 e. The summed E-state index contributed by atoms with van der Waals surface area (Å²) in [5, 5.41) is 11.6. The van der Waals surface area contributed by atoms with Crippen LogP contribution in [-0.4, -0.2) is 82.1 Å². The average Bonchev–Trinajstić information content (AvgIpc) is 3.04. The van der Waals surface area contributed by atoms with E-state index in [0.29, 0.717) is 31.5 Å². The van der Waals surface area contributed by atoms with E-state index in [1.54, 1.807) is 34.1 Å². The number of aliphatic hydroxyl groups excluding tert-OH is 1. The fourth-order valence-electron chi connectivity index (χ4n) is 6.20. The molecule has 2 aliphatic rings. The lowest BCUT2D eigenvalue weighted by molar-refractivity contribution is -0.0973. The average molecular weight is 603 g/mol. The number of esters is 1. The maximum Gasteiger partial charge on any atom is 0.410 e. The number of amides is 2. The Kier molecular flexibility index (Phi) is 11.9. The van der Waals surface area contributed by atoms with Crippen molar-refractivity contribution < 1.29 is 33.7 Å². The first-order valence-electron chi connectivity index (χ1n) is 16.0. The first-order valence-corrected chi connectivity index (χ1v) is 16.0. The van der Waals surface area contributed by atoms with E-state index in [4.69, 9.17) is 14.2 Å². The molecule has 2 amide bonds. The van der Waals surface area contributed by atoms with Gasteiger partial charge in [0.1, 0.15) is 16.8 Å². The number of hydrogen-bond acceptors (Lipinski definition) is 7. The Hall–Kier alpha value is -2.81. The van der Waals surface area contributed by atoms with Crippen molar-refractivity contribution >= 4 is 18.2 Å². The minimum atomic E-state index is -1.26. The van der Waals surface area contributed by atoms with Gasteiger partial charge in [-0.25, -0.2) is 14.4 Å². The van der Waals surface area contributed by atoms with Crippen LogP contribution >= 0.6 is 0 Å². The van der Waals surface area contributed by atoms with Gasteiger partial charge in [0.25, 0.3) is 0 Å². The molecule has 1 aliphatic heterocycles. The quantitative estimate of drug-likeness (QED) is 0.299. The van der Waals surface area contributed by atoms with Crippen LogP contribution in [0.15, 0.2) is 30.3 Å². The van der Waals surface area contributed by atoms with E-state index in [1.807, 2.05) is 54.5 Å². The second-order valence-corrected chi connectivity index (χ2v) is 14.4. The first kappa shape index (κ1) is 34.7. The van der Waals surface area contributed by atoms with Crippen molar-refractivity contribution in [2.45, 2.75) is 123 Å². The molecule has 43 heavy (non-hydrogen) atoms. The minimum absolute atomic E-state index is 0.0660. The van der Waals surface area contributed by atoms with Crippen LogP contribution in [-0.2, 0) is 14.2 Å². The fraction of sp³-hybridized carbons (Fsp3) is 0.735. The van der Waals surface area contributed by atoms with Gasteiger partial charge in [0.15, 0.2) is 0 Å². The monoisotopic (exact) mass is 602 g/mol. The van der Waals surface area contributed by atoms with Crippen LogP contribution in [0.3, 0.4) is 0 Å². The van der Waals surface area contributed by atoms with E-state index in [0.717, 1.165) is 38.5 Å². The van der Waals surface area contributed by atoms with Crippen molar-refractivity contribution in [3.8, 4) is 0 Å². The number of carbonyl (C=O) groups excluding carboxylic acids is 3. The maximum absolute atomic E-state index is 13.7. The lowest BCUT2D eigenvalue weighted by Crippen LogP contribution is -2.57. The van der Waals surface area contributed by atoms with Gasteiger partial charge in [-0.1, -0.05) is 50.3 Å². The number of aliphatic hydroxyl groups is 1. The molecule has 0 aromatic heterocycles. The van der Waals surface area contributed by atoms with Gasteiger partial charge in [0.05, 0.1) is 18.2 Å². The Morgan fingerprint density at radius 1 is 0.791 bits per heavy atom. The first-order chi connectivity index (χ1) is 20.1. The van der Waals surface area contributed by atoms with Gasteiger partial charge in [-0.2, -0.15) is 0 Å². The maximum atomic E-state index is 13.7. The highest BCUT2D eigenvalue weighted by Crippen LogP contribution is 2.39. The van der Waals surface area contributed by atoms with Crippen molar-refractivity contribution in [1.82, 2.24) is 9.80 Å². The van der Waals surface area contributed by atoms with Gasteiger partial charge in [-0.05, 0) is 85.8 Å². The van der Waals surface area contributed by atoms with E-state index >= 15 is 0 Å². The van der Waals surface area contributed by atoms with E-state index in [2.05, 4.69) is 0 Å². The zero-order valence-corrected chi connectivity index (χ0v) is 27.4. The molecule has 1 aromatic rings. The molecule has 1 heterocycles. The normalized spacial score (nSPS) is 26.5. The van der Waals surface area contributed by atoms with Gasteiger partial charge < -0.3 is 29.1 Å².